The molecular formula is C18H28N2O2. The van der Waals surface area contributed by atoms with Crippen LogP contribution in [0.15, 0.2) is 6.07 Å². The van der Waals surface area contributed by atoms with Gasteiger partial charge in [0.25, 0.3) is 0 Å². The Kier molecular flexibility index (Phi) is 3.98. The Balaban J connectivity index is 1.87. The smallest absolute Gasteiger partial charge is 0.184 e. The molecule has 2 aliphatic heterocycles. The van der Waals surface area contributed by atoms with Gasteiger partial charge in [-0.1, -0.05) is 0 Å². The first-order valence-electron chi connectivity index (χ1n) is 8.31. The number of hydrogen-bond acceptors (Lipinski definition) is 4. The Labute approximate surface area is 133 Å². The molecule has 2 aliphatic rings. The van der Waals surface area contributed by atoms with Crippen molar-refractivity contribution >= 4 is 5.69 Å². The van der Waals surface area contributed by atoms with E-state index in [-0.39, 0.29) is 5.54 Å². The number of nitrogens with two attached hydrogens (primary N) is 1. The molecule has 0 aromatic heterocycles. The molecule has 4 nitrogen and oxygen atoms in total. The molecule has 0 amide bonds. The van der Waals surface area contributed by atoms with Crippen LogP contribution < -0.4 is 15.2 Å². The number of aryl methyl sites for hydroxylation is 1. The fraction of sp³-hybridized carbons (Fsp3) is 0.667. The quantitative estimate of drug-likeness (QED) is 0.809. The lowest BCUT2D eigenvalue weighted by Gasteiger charge is -2.41. The molecule has 1 fully saturated rings. The molecule has 2 N–H and O–H groups in total. The summed E-state index contributed by atoms with van der Waals surface area (Å²) >= 11 is 0. The number of hydrogen-bond donors (Lipinski definition) is 1. The third-order valence-electron chi connectivity index (χ3n) is 4.94. The third-order valence-corrected chi connectivity index (χ3v) is 4.94. The average molecular weight is 304 g/mol. The zero-order valence-corrected chi connectivity index (χ0v) is 14.2. The van der Waals surface area contributed by atoms with Gasteiger partial charge < -0.3 is 15.2 Å². The van der Waals surface area contributed by atoms with Crippen molar-refractivity contribution in [2.75, 3.05) is 32.0 Å². The fourth-order valence-corrected chi connectivity index (χ4v) is 3.74. The first-order chi connectivity index (χ1) is 10.4. The van der Waals surface area contributed by atoms with Gasteiger partial charge in [0.05, 0.1) is 5.69 Å². The van der Waals surface area contributed by atoms with Crippen LogP contribution in [-0.4, -0.2) is 36.7 Å². The number of fused-ring (bicyclic) bond motifs is 1. The van der Waals surface area contributed by atoms with Crippen LogP contribution in [0.25, 0.3) is 0 Å². The summed E-state index contributed by atoms with van der Waals surface area (Å²) in [7, 11) is 0. The zero-order valence-electron chi connectivity index (χ0n) is 14.2. The summed E-state index contributed by atoms with van der Waals surface area (Å²) in [5.74, 6) is 2.19. The Bertz CT molecular complexity index is 555. The van der Waals surface area contributed by atoms with Crippen LogP contribution in [0.4, 0.5) is 5.69 Å². The summed E-state index contributed by atoms with van der Waals surface area (Å²) in [4.78, 5) is 2.57. The van der Waals surface area contributed by atoms with Crippen LogP contribution in [0.5, 0.6) is 11.5 Å². The summed E-state index contributed by atoms with van der Waals surface area (Å²) in [5, 5.41) is 0. The molecule has 1 aromatic rings. The first kappa shape index (κ1) is 15.5. The molecular weight excluding hydrogens is 276 g/mol. The van der Waals surface area contributed by atoms with Gasteiger partial charge in [0.2, 0.25) is 0 Å². The van der Waals surface area contributed by atoms with E-state index in [1.165, 1.54) is 11.1 Å². The first-order valence-corrected chi connectivity index (χ1v) is 8.31. The fourth-order valence-electron chi connectivity index (χ4n) is 3.74. The lowest BCUT2D eigenvalue weighted by Crippen LogP contribution is -2.45. The van der Waals surface area contributed by atoms with Crippen LogP contribution in [0.1, 0.15) is 50.7 Å². The van der Waals surface area contributed by atoms with E-state index < -0.39 is 0 Å². The van der Waals surface area contributed by atoms with E-state index in [4.69, 9.17) is 15.2 Å². The molecule has 122 valence electrons. The highest BCUT2D eigenvalue weighted by atomic mass is 16.6. The van der Waals surface area contributed by atoms with Crippen molar-refractivity contribution in [2.45, 2.75) is 52.0 Å². The Hall–Kier alpha value is -1.42. The van der Waals surface area contributed by atoms with E-state index in [2.05, 4.69) is 32.6 Å². The molecule has 0 atom stereocenters. The number of ether oxygens (including phenoxy) is 2. The minimum Gasteiger partial charge on any atom is -0.486 e. The summed E-state index contributed by atoms with van der Waals surface area (Å²) in [6, 6.07) is 2.04. The summed E-state index contributed by atoms with van der Waals surface area (Å²) in [6.45, 7) is 12.5. The van der Waals surface area contributed by atoms with Crippen LogP contribution in [-0.2, 0) is 0 Å². The number of benzene rings is 1. The minimum absolute atomic E-state index is 0.250. The maximum Gasteiger partial charge on any atom is 0.184 e. The maximum absolute atomic E-state index is 6.11. The van der Waals surface area contributed by atoms with Crippen molar-refractivity contribution in [1.29, 1.82) is 0 Å². The number of likely N-dealkylation sites (tertiary alicyclic amines) is 1. The van der Waals surface area contributed by atoms with Gasteiger partial charge in [-0.05, 0) is 71.2 Å². The van der Waals surface area contributed by atoms with Crippen LogP contribution in [0, 0.1) is 6.92 Å². The highest BCUT2D eigenvalue weighted by molar-refractivity contribution is 5.67. The van der Waals surface area contributed by atoms with Crippen LogP contribution >= 0.6 is 0 Å². The number of anilines is 1. The molecule has 22 heavy (non-hydrogen) atoms. The van der Waals surface area contributed by atoms with E-state index in [1.807, 2.05) is 6.07 Å². The molecule has 3 rings (SSSR count). The predicted molar refractivity (Wildman–Crippen MR) is 89.9 cm³/mol. The molecule has 2 heterocycles. The third kappa shape index (κ3) is 2.76. The standard InChI is InChI=1S/C18H28N2O2/c1-12-11-14(19)16-17(22-10-9-21-16)15(12)13-5-7-20(8-6-13)18(2,3)4/h11,13H,5-10,19H2,1-4H3. The van der Waals surface area contributed by atoms with Crippen molar-refractivity contribution in [2.24, 2.45) is 0 Å². The predicted octanol–water partition coefficient (Wildman–Crippen LogP) is 3.33. The number of nitrogens with zero attached hydrogens (tertiary/aromatic N) is 1. The minimum atomic E-state index is 0.250. The van der Waals surface area contributed by atoms with Crippen LogP contribution in [0.3, 0.4) is 0 Å². The summed E-state index contributed by atoms with van der Waals surface area (Å²) < 4.78 is 11.7. The van der Waals surface area contributed by atoms with Gasteiger partial charge in [0.15, 0.2) is 11.5 Å². The topological polar surface area (TPSA) is 47.7 Å². The largest absolute Gasteiger partial charge is 0.486 e. The van der Waals surface area contributed by atoms with Gasteiger partial charge in [0.1, 0.15) is 13.2 Å². The second kappa shape index (κ2) is 5.65. The van der Waals surface area contributed by atoms with E-state index in [1.54, 1.807) is 0 Å². The lowest BCUT2D eigenvalue weighted by atomic mass is 9.84. The molecule has 0 radical (unpaired) electrons. The molecule has 1 saturated heterocycles. The molecule has 0 saturated carbocycles. The zero-order chi connectivity index (χ0) is 15.9. The molecule has 0 aliphatic carbocycles. The Morgan fingerprint density at radius 3 is 2.27 bits per heavy atom. The van der Waals surface area contributed by atoms with Crippen molar-refractivity contribution in [3.8, 4) is 11.5 Å². The monoisotopic (exact) mass is 304 g/mol. The number of piperidine rings is 1. The van der Waals surface area contributed by atoms with Gasteiger partial charge in [-0.25, -0.2) is 0 Å². The van der Waals surface area contributed by atoms with E-state index >= 15 is 0 Å². The van der Waals surface area contributed by atoms with Crippen molar-refractivity contribution < 1.29 is 9.47 Å². The van der Waals surface area contributed by atoms with Gasteiger partial charge in [-0.2, -0.15) is 0 Å². The lowest BCUT2D eigenvalue weighted by molar-refractivity contribution is 0.100. The van der Waals surface area contributed by atoms with Gasteiger partial charge in [0, 0.05) is 11.1 Å². The second-order valence-electron chi connectivity index (χ2n) is 7.48. The molecule has 1 aromatic carbocycles. The van der Waals surface area contributed by atoms with E-state index in [0.29, 0.717) is 24.8 Å². The van der Waals surface area contributed by atoms with Crippen molar-refractivity contribution in [3.05, 3.63) is 17.2 Å². The van der Waals surface area contributed by atoms with Crippen molar-refractivity contribution in [3.63, 3.8) is 0 Å². The molecule has 4 heteroatoms. The van der Waals surface area contributed by atoms with E-state index in [0.717, 1.165) is 37.4 Å². The van der Waals surface area contributed by atoms with Gasteiger partial charge >= 0.3 is 0 Å². The number of rotatable bonds is 1. The van der Waals surface area contributed by atoms with Gasteiger partial charge in [-0.3, -0.25) is 4.90 Å². The second-order valence-corrected chi connectivity index (χ2v) is 7.48. The molecule has 0 bridgehead atoms. The van der Waals surface area contributed by atoms with E-state index in [9.17, 15) is 0 Å². The Morgan fingerprint density at radius 2 is 1.68 bits per heavy atom. The summed E-state index contributed by atoms with van der Waals surface area (Å²) in [5.41, 5.74) is 9.60. The maximum atomic E-state index is 6.11. The highest BCUT2D eigenvalue weighted by Crippen LogP contribution is 2.46. The Morgan fingerprint density at radius 1 is 1.09 bits per heavy atom. The molecule has 0 unspecified atom stereocenters. The summed E-state index contributed by atoms with van der Waals surface area (Å²) in [6.07, 6.45) is 2.33. The van der Waals surface area contributed by atoms with Gasteiger partial charge in [-0.15, -0.1) is 0 Å². The average Bonchev–Trinajstić information content (AvgIpc) is 2.47. The normalized spacial score (nSPS) is 20.2. The SMILES string of the molecule is Cc1cc(N)c2c(c1C1CCN(C(C)(C)C)CC1)OCCO2. The number of nitrogen functional groups attached to an aromatic ring is 1. The molecule has 0 spiro atoms. The van der Waals surface area contributed by atoms with Crippen molar-refractivity contribution in [1.82, 2.24) is 4.90 Å². The van der Waals surface area contributed by atoms with Crippen LogP contribution in [0.2, 0.25) is 0 Å². The highest BCUT2D eigenvalue weighted by Gasteiger charge is 2.32.